The van der Waals surface area contributed by atoms with Gasteiger partial charge in [-0.05, 0) is 122 Å². The molecule has 1 aliphatic heterocycles. The number of hydrogen-bond donors (Lipinski definition) is 2. The number of ether oxygens (including phenoxy) is 2. The highest BCUT2D eigenvalue weighted by Crippen LogP contribution is 2.47. The van der Waals surface area contributed by atoms with Gasteiger partial charge < -0.3 is 24.1 Å². The second-order valence-electron chi connectivity index (χ2n) is 8.32. The van der Waals surface area contributed by atoms with E-state index in [2.05, 4.69) is 61.1 Å². The van der Waals surface area contributed by atoms with Crippen LogP contribution < -0.4 is 15.1 Å². The summed E-state index contributed by atoms with van der Waals surface area (Å²) in [6.07, 6.45) is -0.603. The van der Waals surface area contributed by atoms with Crippen LogP contribution in [-0.2, 0) is 0 Å². The van der Waals surface area contributed by atoms with Gasteiger partial charge in [0.15, 0.2) is 0 Å². The number of aliphatic hydroxyl groups excluding tert-OH is 1. The molecule has 4 aromatic rings. The minimum atomic E-state index is -0.869. The summed E-state index contributed by atoms with van der Waals surface area (Å²) in [5.74, 6) is 0.0844. The van der Waals surface area contributed by atoms with E-state index in [-0.39, 0.29) is 22.7 Å². The van der Waals surface area contributed by atoms with Crippen molar-refractivity contribution in [2.45, 2.75) is 18.9 Å². The first kappa shape index (κ1) is 25.4. The molecule has 0 radical (unpaired) electrons. The molecule has 184 valence electrons. The summed E-state index contributed by atoms with van der Waals surface area (Å²) in [5.41, 5.74) is 1.20. The lowest BCUT2D eigenvalue weighted by Gasteiger charge is -2.32. The number of benzene rings is 3. The standard InChI is InChI=1S/C27H19BrI2O6/c1-12-22(25(31)16-10-14(29)4-7-19(16)35-12)23(13-3-6-21(34-2)18(28)9-13)24-26(32)17-11-15(30)5-8-20(17)36-27(24)33/h3-12,23,31-32H,1-2H3. The van der Waals surface area contributed by atoms with Crippen LogP contribution in [0, 0.1) is 7.14 Å². The fourth-order valence-electron chi connectivity index (χ4n) is 4.55. The van der Waals surface area contributed by atoms with Gasteiger partial charge in [-0.3, -0.25) is 0 Å². The van der Waals surface area contributed by atoms with Crippen LogP contribution in [0.15, 0.2) is 73.9 Å². The molecule has 3 aromatic carbocycles. The summed E-state index contributed by atoms with van der Waals surface area (Å²) in [6.45, 7) is 1.81. The highest BCUT2D eigenvalue weighted by Gasteiger charge is 2.37. The Bertz CT molecular complexity index is 1610. The summed E-state index contributed by atoms with van der Waals surface area (Å²) in [5, 5.41) is 23.4. The third kappa shape index (κ3) is 4.38. The summed E-state index contributed by atoms with van der Waals surface area (Å²) < 4.78 is 19.7. The zero-order valence-electron chi connectivity index (χ0n) is 19.0. The van der Waals surface area contributed by atoms with Gasteiger partial charge in [0.25, 0.3) is 0 Å². The second-order valence-corrected chi connectivity index (χ2v) is 11.7. The van der Waals surface area contributed by atoms with E-state index in [4.69, 9.17) is 13.9 Å². The van der Waals surface area contributed by atoms with E-state index in [0.717, 1.165) is 7.14 Å². The maximum Gasteiger partial charge on any atom is 0.344 e. The average molecular weight is 773 g/mol. The topological polar surface area (TPSA) is 89.1 Å². The van der Waals surface area contributed by atoms with E-state index >= 15 is 0 Å². The fourth-order valence-corrected chi connectivity index (χ4v) is 6.10. The lowest BCUT2D eigenvalue weighted by Crippen LogP contribution is -2.28. The number of fused-ring (bicyclic) bond motifs is 2. The van der Waals surface area contributed by atoms with Gasteiger partial charge >= 0.3 is 5.63 Å². The Kier molecular flexibility index (Phi) is 6.98. The first-order valence-corrected chi connectivity index (χ1v) is 13.8. The monoisotopic (exact) mass is 772 g/mol. The molecule has 1 aliphatic rings. The lowest BCUT2D eigenvalue weighted by atomic mass is 9.80. The van der Waals surface area contributed by atoms with Gasteiger partial charge in [-0.2, -0.15) is 0 Å². The van der Waals surface area contributed by atoms with Gasteiger partial charge in [0.1, 0.15) is 34.7 Å². The van der Waals surface area contributed by atoms with Crippen molar-refractivity contribution in [2.24, 2.45) is 0 Å². The number of aromatic hydroxyl groups is 1. The minimum Gasteiger partial charge on any atom is -0.507 e. The smallest absolute Gasteiger partial charge is 0.344 e. The van der Waals surface area contributed by atoms with E-state index in [0.29, 0.717) is 38.1 Å². The normalized spacial score (nSPS) is 16.0. The van der Waals surface area contributed by atoms with Crippen molar-refractivity contribution in [2.75, 3.05) is 7.11 Å². The summed E-state index contributed by atoms with van der Waals surface area (Å²) in [6, 6.07) is 16.1. The highest BCUT2D eigenvalue weighted by molar-refractivity contribution is 14.1. The van der Waals surface area contributed by atoms with Crippen molar-refractivity contribution in [1.29, 1.82) is 0 Å². The Morgan fingerprint density at radius 3 is 2.47 bits per heavy atom. The summed E-state index contributed by atoms with van der Waals surface area (Å²) in [7, 11) is 1.56. The Hall–Kier alpha value is -2.25. The molecular weight excluding hydrogens is 754 g/mol. The van der Waals surface area contributed by atoms with Crippen LogP contribution >= 0.6 is 61.1 Å². The van der Waals surface area contributed by atoms with Gasteiger partial charge in [0.05, 0.1) is 28.1 Å². The van der Waals surface area contributed by atoms with Crippen molar-refractivity contribution in [3.05, 3.63) is 98.9 Å². The molecule has 0 aliphatic carbocycles. The molecule has 0 saturated carbocycles. The van der Waals surface area contributed by atoms with Crippen molar-refractivity contribution < 1.29 is 24.1 Å². The number of aliphatic hydroxyl groups is 1. The molecule has 36 heavy (non-hydrogen) atoms. The summed E-state index contributed by atoms with van der Waals surface area (Å²) in [4.78, 5) is 13.4. The first-order chi connectivity index (χ1) is 17.2. The third-order valence-electron chi connectivity index (χ3n) is 6.20. The molecule has 6 nitrogen and oxygen atoms in total. The SMILES string of the molecule is COc1ccc(C(C2=C(O)c3cc(I)ccc3OC2C)c2c(O)c3cc(I)ccc3oc2=O)cc1Br. The molecule has 2 heterocycles. The molecule has 0 spiro atoms. The molecule has 2 N–H and O–H groups in total. The molecule has 0 fully saturated rings. The van der Waals surface area contributed by atoms with E-state index in [1.54, 1.807) is 50.4 Å². The van der Waals surface area contributed by atoms with E-state index in [9.17, 15) is 15.0 Å². The van der Waals surface area contributed by atoms with E-state index < -0.39 is 17.6 Å². The highest BCUT2D eigenvalue weighted by atomic mass is 127. The van der Waals surface area contributed by atoms with Crippen molar-refractivity contribution in [3.8, 4) is 17.2 Å². The number of rotatable bonds is 4. The Morgan fingerprint density at radius 2 is 1.75 bits per heavy atom. The molecule has 9 heteroatoms. The molecule has 0 bridgehead atoms. The Balaban J connectivity index is 1.86. The van der Waals surface area contributed by atoms with E-state index in [1.807, 2.05) is 18.2 Å². The number of halogens is 3. The zero-order valence-corrected chi connectivity index (χ0v) is 24.9. The van der Waals surface area contributed by atoms with Crippen LogP contribution in [0.1, 0.15) is 29.5 Å². The largest absolute Gasteiger partial charge is 0.507 e. The molecule has 0 amide bonds. The van der Waals surface area contributed by atoms with E-state index in [1.165, 1.54) is 0 Å². The quantitative estimate of drug-likeness (QED) is 0.167. The average Bonchev–Trinajstić information content (AvgIpc) is 2.84. The molecule has 5 rings (SSSR count). The van der Waals surface area contributed by atoms with Crippen LogP contribution in [0.2, 0.25) is 0 Å². The summed E-state index contributed by atoms with van der Waals surface area (Å²) >= 11 is 7.83. The maximum atomic E-state index is 13.4. The zero-order chi connectivity index (χ0) is 25.7. The predicted molar refractivity (Wildman–Crippen MR) is 158 cm³/mol. The maximum absolute atomic E-state index is 13.4. The lowest BCUT2D eigenvalue weighted by molar-refractivity contribution is 0.237. The van der Waals surface area contributed by atoms with Crippen molar-refractivity contribution >= 4 is 77.8 Å². The van der Waals surface area contributed by atoms with Gasteiger partial charge in [-0.25, -0.2) is 4.79 Å². The minimum absolute atomic E-state index is 0.000690. The third-order valence-corrected chi connectivity index (χ3v) is 8.16. The van der Waals surface area contributed by atoms with Crippen LogP contribution in [0.3, 0.4) is 0 Å². The number of methoxy groups -OCH3 is 1. The van der Waals surface area contributed by atoms with Crippen LogP contribution in [0.25, 0.3) is 16.7 Å². The Morgan fingerprint density at radius 1 is 1.03 bits per heavy atom. The molecule has 2 unspecified atom stereocenters. The first-order valence-electron chi connectivity index (χ1n) is 10.9. The van der Waals surface area contributed by atoms with Gasteiger partial charge in [-0.1, -0.05) is 6.07 Å². The molecule has 0 saturated heterocycles. The van der Waals surface area contributed by atoms with Crippen LogP contribution in [0.4, 0.5) is 0 Å². The van der Waals surface area contributed by atoms with Crippen LogP contribution in [0.5, 0.6) is 17.2 Å². The van der Waals surface area contributed by atoms with Gasteiger partial charge in [0.2, 0.25) is 0 Å². The molecular formula is C27H19BrI2O6. The molecule has 1 aromatic heterocycles. The van der Waals surface area contributed by atoms with Crippen LogP contribution in [-0.4, -0.2) is 23.4 Å². The fraction of sp³-hybridized carbons (Fsp3) is 0.148. The van der Waals surface area contributed by atoms with Gasteiger partial charge in [-0.15, -0.1) is 0 Å². The second kappa shape index (κ2) is 9.90. The van der Waals surface area contributed by atoms with Crippen molar-refractivity contribution in [1.82, 2.24) is 0 Å². The van der Waals surface area contributed by atoms with Gasteiger partial charge in [0, 0.05) is 18.6 Å². The Labute approximate surface area is 242 Å². The molecule has 2 atom stereocenters. The number of hydrogen-bond acceptors (Lipinski definition) is 6. The van der Waals surface area contributed by atoms with Crippen molar-refractivity contribution in [3.63, 3.8) is 0 Å². The predicted octanol–water partition coefficient (Wildman–Crippen LogP) is 7.36.